The zero-order valence-electron chi connectivity index (χ0n) is 10.4. The first-order chi connectivity index (χ1) is 7.69. The van der Waals surface area contributed by atoms with Gasteiger partial charge in [-0.1, -0.05) is 13.8 Å². The van der Waals surface area contributed by atoms with E-state index in [1.807, 2.05) is 18.3 Å². The Hall–Kier alpha value is -0.850. The Kier molecular flexibility index (Phi) is 5.51. The Morgan fingerprint density at radius 3 is 2.56 bits per heavy atom. The number of hydrogen-bond donors (Lipinski definition) is 0. The van der Waals surface area contributed by atoms with E-state index >= 15 is 0 Å². The molecule has 1 unspecified atom stereocenters. The zero-order valence-corrected chi connectivity index (χ0v) is 11.2. The standard InChI is InChI=1S/C13H20N2S/c1-4-12-6-7-13(16-12)10-15(5-2)9-11(3)8-14/h6-7,11H,4-5,9-10H2,1-3H3. The van der Waals surface area contributed by atoms with Crippen LogP contribution in [-0.2, 0) is 13.0 Å². The lowest BCUT2D eigenvalue weighted by atomic mass is 10.2. The van der Waals surface area contributed by atoms with Crippen LogP contribution >= 0.6 is 11.3 Å². The first kappa shape index (κ1) is 13.2. The van der Waals surface area contributed by atoms with Crippen LogP contribution in [0.15, 0.2) is 12.1 Å². The summed E-state index contributed by atoms with van der Waals surface area (Å²) in [7, 11) is 0. The molecule has 0 aromatic carbocycles. The van der Waals surface area contributed by atoms with Gasteiger partial charge in [0.25, 0.3) is 0 Å². The molecule has 1 heterocycles. The highest BCUT2D eigenvalue weighted by molar-refractivity contribution is 7.11. The van der Waals surface area contributed by atoms with Gasteiger partial charge in [0.15, 0.2) is 0 Å². The van der Waals surface area contributed by atoms with E-state index < -0.39 is 0 Å². The molecule has 1 aromatic rings. The SMILES string of the molecule is CCc1ccc(CN(CC)CC(C)C#N)s1. The van der Waals surface area contributed by atoms with E-state index in [0.29, 0.717) is 0 Å². The summed E-state index contributed by atoms with van der Waals surface area (Å²) in [5.74, 6) is 0.116. The molecule has 0 fully saturated rings. The highest BCUT2D eigenvalue weighted by Gasteiger charge is 2.09. The van der Waals surface area contributed by atoms with Crippen LogP contribution in [0.1, 0.15) is 30.5 Å². The van der Waals surface area contributed by atoms with Crippen molar-refractivity contribution in [2.24, 2.45) is 5.92 Å². The van der Waals surface area contributed by atoms with Crippen LogP contribution in [-0.4, -0.2) is 18.0 Å². The molecule has 0 aliphatic rings. The minimum atomic E-state index is 0.116. The van der Waals surface area contributed by atoms with Crippen molar-refractivity contribution in [3.05, 3.63) is 21.9 Å². The summed E-state index contributed by atoms with van der Waals surface area (Å²) in [6.07, 6.45) is 1.12. The van der Waals surface area contributed by atoms with Crippen molar-refractivity contribution in [2.75, 3.05) is 13.1 Å². The molecule has 0 bridgehead atoms. The molecule has 88 valence electrons. The van der Waals surface area contributed by atoms with Gasteiger partial charge in [-0.2, -0.15) is 5.26 Å². The van der Waals surface area contributed by atoms with Gasteiger partial charge in [-0.15, -0.1) is 11.3 Å². The average Bonchev–Trinajstić information content (AvgIpc) is 2.75. The fraction of sp³-hybridized carbons (Fsp3) is 0.615. The van der Waals surface area contributed by atoms with Crippen LogP contribution in [0.4, 0.5) is 0 Å². The van der Waals surface area contributed by atoms with E-state index in [9.17, 15) is 0 Å². The van der Waals surface area contributed by atoms with Crippen molar-refractivity contribution in [2.45, 2.75) is 33.7 Å². The summed E-state index contributed by atoms with van der Waals surface area (Å²) in [6.45, 7) is 9.17. The van der Waals surface area contributed by atoms with Gasteiger partial charge >= 0.3 is 0 Å². The number of rotatable bonds is 6. The van der Waals surface area contributed by atoms with Gasteiger partial charge in [-0.25, -0.2) is 0 Å². The minimum Gasteiger partial charge on any atom is -0.297 e. The van der Waals surface area contributed by atoms with E-state index in [0.717, 1.165) is 26.1 Å². The van der Waals surface area contributed by atoms with E-state index in [1.165, 1.54) is 9.75 Å². The van der Waals surface area contributed by atoms with Gasteiger partial charge in [-0.05, 0) is 32.0 Å². The number of nitrogens with zero attached hydrogens (tertiary/aromatic N) is 2. The van der Waals surface area contributed by atoms with Gasteiger partial charge in [0.05, 0.1) is 12.0 Å². The fourth-order valence-electron chi connectivity index (χ4n) is 1.65. The largest absolute Gasteiger partial charge is 0.297 e. The van der Waals surface area contributed by atoms with E-state index in [2.05, 4.69) is 36.9 Å². The Morgan fingerprint density at radius 1 is 1.38 bits per heavy atom. The zero-order chi connectivity index (χ0) is 12.0. The number of thiophene rings is 1. The molecule has 0 saturated heterocycles. The highest BCUT2D eigenvalue weighted by atomic mass is 32.1. The second-order valence-corrected chi connectivity index (χ2v) is 5.33. The van der Waals surface area contributed by atoms with Crippen LogP contribution < -0.4 is 0 Å². The average molecular weight is 236 g/mol. The first-order valence-corrected chi connectivity index (χ1v) is 6.70. The summed E-state index contributed by atoms with van der Waals surface area (Å²) < 4.78 is 0. The Balaban J connectivity index is 2.53. The van der Waals surface area contributed by atoms with E-state index in [1.54, 1.807) is 0 Å². The van der Waals surface area contributed by atoms with Crippen LogP contribution in [0.3, 0.4) is 0 Å². The van der Waals surface area contributed by atoms with Gasteiger partial charge in [0.2, 0.25) is 0 Å². The summed E-state index contributed by atoms with van der Waals surface area (Å²) in [5.41, 5.74) is 0. The Morgan fingerprint density at radius 2 is 2.06 bits per heavy atom. The molecule has 1 aromatic heterocycles. The third-order valence-corrected chi connectivity index (χ3v) is 3.86. The second kappa shape index (κ2) is 6.67. The minimum absolute atomic E-state index is 0.116. The van der Waals surface area contributed by atoms with Crippen molar-refractivity contribution in [3.63, 3.8) is 0 Å². The molecule has 3 heteroatoms. The molecule has 2 nitrogen and oxygen atoms in total. The molecule has 0 amide bonds. The smallest absolute Gasteiger partial charge is 0.0666 e. The maximum Gasteiger partial charge on any atom is 0.0666 e. The quantitative estimate of drug-likeness (QED) is 0.758. The second-order valence-electron chi connectivity index (χ2n) is 4.08. The molecule has 0 radical (unpaired) electrons. The van der Waals surface area contributed by atoms with E-state index in [4.69, 9.17) is 5.26 Å². The molecule has 16 heavy (non-hydrogen) atoms. The Bertz CT molecular complexity index is 351. The summed E-state index contributed by atoms with van der Waals surface area (Å²) >= 11 is 1.89. The third kappa shape index (κ3) is 3.96. The number of nitriles is 1. The van der Waals surface area contributed by atoms with Crippen LogP contribution in [0, 0.1) is 17.2 Å². The van der Waals surface area contributed by atoms with Crippen molar-refractivity contribution in [1.29, 1.82) is 5.26 Å². The van der Waals surface area contributed by atoms with Gasteiger partial charge in [0.1, 0.15) is 0 Å². The van der Waals surface area contributed by atoms with Crippen molar-refractivity contribution >= 4 is 11.3 Å². The molecule has 0 saturated carbocycles. The molecule has 0 aliphatic heterocycles. The maximum absolute atomic E-state index is 8.81. The van der Waals surface area contributed by atoms with Gasteiger partial charge in [-0.3, -0.25) is 4.90 Å². The number of hydrogen-bond acceptors (Lipinski definition) is 3. The topological polar surface area (TPSA) is 27.0 Å². The molecule has 0 N–H and O–H groups in total. The van der Waals surface area contributed by atoms with Crippen LogP contribution in [0.2, 0.25) is 0 Å². The predicted molar refractivity (Wildman–Crippen MR) is 69.4 cm³/mol. The van der Waals surface area contributed by atoms with Crippen molar-refractivity contribution in [1.82, 2.24) is 4.90 Å². The first-order valence-electron chi connectivity index (χ1n) is 5.89. The third-order valence-electron chi connectivity index (χ3n) is 2.64. The lowest BCUT2D eigenvalue weighted by Crippen LogP contribution is -2.27. The molecule has 1 atom stereocenters. The van der Waals surface area contributed by atoms with Crippen LogP contribution in [0.5, 0.6) is 0 Å². The molecular weight excluding hydrogens is 216 g/mol. The lowest BCUT2D eigenvalue weighted by Gasteiger charge is -2.20. The molecule has 1 rings (SSSR count). The fourth-order valence-corrected chi connectivity index (χ4v) is 2.65. The highest BCUT2D eigenvalue weighted by Crippen LogP contribution is 2.19. The number of aryl methyl sites for hydroxylation is 1. The monoisotopic (exact) mass is 236 g/mol. The van der Waals surface area contributed by atoms with E-state index in [-0.39, 0.29) is 5.92 Å². The predicted octanol–water partition coefficient (Wildman–Crippen LogP) is 3.29. The summed E-state index contributed by atoms with van der Waals surface area (Å²) in [6, 6.07) is 6.72. The van der Waals surface area contributed by atoms with Crippen molar-refractivity contribution in [3.8, 4) is 6.07 Å². The molecular formula is C13H20N2S. The summed E-state index contributed by atoms with van der Waals surface area (Å²) in [5, 5.41) is 8.81. The molecule has 0 spiro atoms. The van der Waals surface area contributed by atoms with Gasteiger partial charge < -0.3 is 0 Å². The van der Waals surface area contributed by atoms with Crippen LogP contribution in [0.25, 0.3) is 0 Å². The van der Waals surface area contributed by atoms with Gasteiger partial charge in [0, 0.05) is 22.8 Å². The lowest BCUT2D eigenvalue weighted by molar-refractivity contribution is 0.262. The molecule has 0 aliphatic carbocycles. The summed E-state index contributed by atoms with van der Waals surface area (Å²) in [4.78, 5) is 5.18. The normalized spacial score (nSPS) is 12.7. The Labute approximate surface area is 103 Å². The maximum atomic E-state index is 8.81. The van der Waals surface area contributed by atoms with Crippen molar-refractivity contribution < 1.29 is 0 Å².